The molecule has 0 aliphatic heterocycles. The van der Waals surface area contributed by atoms with E-state index in [1.165, 1.54) is 6.07 Å². The van der Waals surface area contributed by atoms with E-state index in [-0.39, 0.29) is 18.3 Å². The van der Waals surface area contributed by atoms with E-state index in [9.17, 15) is 9.18 Å². The smallest absolute Gasteiger partial charge is 0.320 e. The molecule has 0 atom stereocenters. The second-order valence-electron chi connectivity index (χ2n) is 6.39. The Balaban J connectivity index is 1.71. The van der Waals surface area contributed by atoms with E-state index in [1.807, 2.05) is 26.8 Å². The van der Waals surface area contributed by atoms with Crippen molar-refractivity contribution in [1.29, 1.82) is 0 Å². The van der Waals surface area contributed by atoms with Gasteiger partial charge in [-0.1, -0.05) is 12.1 Å². The standard InChI is InChI=1S/C16H22FNO2/c1-16(2,3)20-15(19)10-18-14-8-12(9-14)11-5-4-6-13(17)7-11/h4-7,12,14,18H,8-10H2,1-3H3. The van der Waals surface area contributed by atoms with Gasteiger partial charge in [0.2, 0.25) is 0 Å². The number of benzene rings is 1. The summed E-state index contributed by atoms with van der Waals surface area (Å²) in [6, 6.07) is 7.06. The van der Waals surface area contributed by atoms with Crippen molar-refractivity contribution in [2.75, 3.05) is 6.54 Å². The normalized spacial score (nSPS) is 22.2. The zero-order chi connectivity index (χ0) is 14.8. The molecule has 4 heteroatoms. The number of hydrogen-bond donors (Lipinski definition) is 1. The quantitative estimate of drug-likeness (QED) is 0.861. The Morgan fingerprint density at radius 2 is 2.10 bits per heavy atom. The molecule has 2 rings (SSSR count). The largest absolute Gasteiger partial charge is 0.459 e. The number of hydrogen-bond acceptors (Lipinski definition) is 3. The van der Waals surface area contributed by atoms with E-state index < -0.39 is 5.60 Å². The molecule has 0 bridgehead atoms. The maximum absolute atomic E-state index is 13.1. The van der Waals surface area contributed by atoms with E-state index >= 15 is 0 Å². The van der Waals surface area contributed by atoms with Crippen LogP contribution in [0.5, 0.6) is 0 Å². The first-order valence-electron chi connectivity index (χ1n) is 7.04. The number of halogens is 1. The first-order valence-corrected chi connectivity index (χ1v) is 7.04. The Labute approximate surface area is 119 Å². The molecule has 1 fully saturated rings. The van der Waals surface area contributed by atoms with Crippen molar-refractivity contribution in [3.05, 3.63) is 35.6 Å². The molecule has 0 saturated heterocycles. The lowest BCUT2D eigenvalue weighted by molar-refractivity contribution is -0.153. The summed E-state index contributed by atoms with van der Waals surface area (Å²) in [6.07, 6.45) is 1.87. The van der Waals surface area contributed by atoms with E-state index in [2.05, 4.69) is 5.32 Å². The minimum absolute atomic E-state index is 0.187. The fraction of sp³-hybridized carbons (Fsp3) is 0.562. The van der Waals surface area contributed by atoms with Gasteiger partial charge in [0.1, 0.15) is 11.4 Å². The van der Waals surface area contributed by atoms with Gasteiger partial charge in [-0.15, -0.1) is 0 Å². The third-order valence-electron chi connectivity index (χ3n) is 3.41. The zero-order valence-electron chi connectivity index (χ0n) is 12.3. The van der Waals surface area contributed by atoms with Gasteiger partial charge in [0.25, 0.3) is 0 Å². The lowest BCUT2D eigenvalue weighted by Crippen LogP contribution is -2.43. The average Bonchev–Trinajstić information content (AvgIpc) is 2.24. The molecular weight excluding hydrogens is 257 g/mol. The third-order valence-corrected chi connectivity index (χ3v) is 3.41. The molecule has 1 N–H and O–H groups in total. The van der Waals surface area contributed by atoms with Crippen molar-refractivity contribution in [3.63, 3.8) is 0 Å². The van der Waals surface area contributed by atoms with Crippen LogP contribution in [0.4, 0.5) is 4.39 Å². The van der Waals surface area contributed by atoms with Crippen LogP contribution in [-0.4, -0.2) is 24.2 Å². The van der Waals surface area contributed by atoms with Crippen molar-refractivity contribution in [2.24, 2.45) is 0 Å². The molecule has 1 aromatic rings. The Morgan fingerprint density at radius 3 is 2.70 bits per heavy atom. The van der Waals surface area contributed by atoms with Crippen molar-refractivity contribution in [3.8, 4) is 0 Å². The first-order chi connectivity index (χ1) is 9.33. The summed E-state index contributed by atoms with van der Waals surface area (Å²) >= 11 is 0. The molecule has 0 aromatic heterocycles. The minimum Gasteiger partial charge on any atom is -0.459 e. The van der Waals surface area contributed by atoms with Crippen LogP contribution in [0.3, 0.4) is 0 Å². The monoisotopic (exact) mass is 279 g/mol. The number of ether oxygens (including phenoxy) is 1. The summed E-state index contributed by atoms with van der Waals surface area (Å²) in [4.78, 5) is 11.6. The Morgan fingerprint density at radius 1 is 1.40 bits per heavy atom. The van der Waals surface area contributed by atoms with Crippen LogP contribution < -0.4 is 5.32 Å². The third kappa shape index (κ3) is 4.30. The molecule has 1 aromatic carbocycles. The molecule has 20 heavy (non-hydrogen) atoms. The van der Waals surface area contributed by atoms with Crippen LogP contribution in [0, 0.1) is 5.82 Å². The van der Waals surface area contributed by atoms with Crippen molar-refractivity contribution in [1.82, 2.24) is 5.32 Å². The Bertz CT molecular complexity index is 476. The highest BCUT2D eigenvalue weighted by atomic mass is 19.1. The molecule has 0 amide bonds. The predicted molar refractivity (Wildman–Crippen MR) is 76.0 cm³/mol. The fourth-order valence-electron chi connectivity index (χ4n) is 2.42. The summed E-state index contributed by atoms with van der Waals surface area (Å²) in [6.45, 7) is 5.80. The van der Waals surface area contributed by atoms with Gasteiger partial charge in [-0.25, -0.2) is 4.39 Å². The molecule has 0 heterocycles. The number of carbonyl (C=O) groups is 1. The lowest BCUT2D eigenvalue weighted by Gasteiger charge is -2.36. The van der Waals surface area contributed by atoms with Gasteiger partial charge in [-0.05, 0) is 57.2 Å². The molecule has 0 radical (unpaired) electrons. The number of esters is 1. The zero-order valence-corrected chi connectivity index (χ0v) is 12.3. The van der Waals surface area contributed by atoms with Crippen LogP contribution in [0.15, 0.2) is 24.3 Å². The SMILES string of the molecule is CC(C)(C)OC(=O)CNC1CC(c2cccc(F)c2)C1. The summed E-state index contributed by atoms with van der Waals surface area (Å²) in [7, 11) is 0. The first kappa shape index (κ1) is 15.0. The molecule has 1 aliphatic carbocycles. The highest BCUT2D eigenvalue weighted by Gasteiger charge is 2.30. The highest BCUT2D eigenvalue weighted by molar-refractivity contribution is 5.72. The topological polar surface area (TPSA) is 38.3 Å². The van der Waals surface area contributed by atoms with Gasteiger partial charge in [0, 0.05) is 6.04 Å². The minimum atomic E-state index is -0.442. The van der Waals surface area contributed by atoms with E-state index in [1.54, 1.807) is 12.1 Å². The number of rotatable bonds is 4. The second-order valence-corrected chi connectivity index (χ2v) is 6.39. The predicted octanol–water partition coefficient (Wildman–Crippen LogP) is 3.00. The van der Waals surface area contributed by atoms with Gasteiger partial charge in [-0.3, -0.25) is 4.79 Å². The van der Waals surface area contributed by atoms with Crippen LogP contribution in [0.25, 0.3) is 0 Å². The summed E-state index contributed by atoms with van der Waals surface area (Å²) < 4.78 is 18.4. The molecule has 0 spiro atoms. The van der Waals surface area contributed by atoms with Crippen molar-refractivity contribution < 1.29 is 13.9 Å². The van der Waals surface area contributed by atoms with Gasteiger partial charge in [0.05, 0.1) is 6.54 Å². The summed E-state index contributed by atoms with van der Waals surface area (Å²) in [5, 5.41) is 3.19. The highest BCUT2D eigenvalue weighted by Crippen LogP contribution is 2.36. The van der Waals surface area contributed by atoms with E-state index in [0.717, 1.165) is 18.4 Å². The number of nitrogens with one attached hydrogen (secondary N) is 1. The second kappa shape index (κ2) is 5.92. The van der Waals surface area contributed by atoms with E-state index in [0.29, 0.717) is 12.0 Å². The summed E-state index contributed by atoms with van der Waals surface area (Å²) in [5.41, 5.74) is 0.600. The molecule has 1 aliphatic rings. The maximum atomic E-state index is 13.1. The molecule has 1 saturated carbocycles. The van der Waals surface area contributed by atoms with Gasteiger partial charge in [0.15, 0.2) is 0 Å². The lowest BCUT2D eigenvalue weighted by atomic mass is 9.76. The van der Waals surface area contributed by atoms with Gasteiger partial charge < -0.3 is 10.1 Å². The van der Waals surface area contributed by atoms with Crippen LogP contribution in [0.2, 0.25) is 0 Å². The average molecular weight is 279 g/mol. The maximum Gasteiger partial charge on any atom is 0.320 e. The molecule has 3 nitrogen and oxygen atoms in total. The van der Waals surface area contributed by atoms with Gasteiger partial charge >= 0.3 is 5.97 Å². The van der Waals surface area contributed by atoms with Crippen molar-refractivity contribution in [2.45, 2.75) is 51.2 Å². The van der Waals surface area contributed by atoms with Crippen LogP contribution in [0.1, 0.15) is 45.1 Å². The number of carbonyl (C=O) groups excluding carboxylic acids is 1. The molecular formula is C16H22FNO2. The van der Waals surface area contributed by atoms with Crippen LogP contribution >= 0.6 is 0 Å². The Kier molecular flexibility index (Phi) is 4.43. The Hall–Kier alpha value is -1.42. The van der Waals surface area contributed by atoms with Crippen LogP contribution in [-0.2, 0) is 9.53 Å². The van der Waals surface area contributed by atoms with Crippen molar-refractivity contribution >= 4 is 5.97 Å². The molecule has 0 unspecified atom stereocenters. The van der Waals surface area contributed by atoms with Gasteiger partial charge in [-0.2, -0.15) is 0 Å². The fourth-order valence-corrected chi connectivity index (χ4v) is 2.42. The summed E-state index contributed by atoms with van der Waals surface area (Å²) in [5.74, 6) is -0.0267. The molecule has 110 valence electrons. The van der Waals surface area contributed by atoms with E-state index in [4.69, 9.17) is 4.74 Å².